The average molecular weight is 218 g/mol. The maximum Gasteiger partial charge on any atom is 0.321 e. The van der Waals surface area contributed by atoms with Crippen LogP contribution in [-0.4, -0.2) is 38.8 Å². The van der Waals surface area contributed by atoms with Crippen LogP contribution in [0.1, 0.15) is 0 Å². The summed E-state index contributed by atoms with van der Waals surface area (Å²) in [6.07, 6.45) is 0. The highest BCUT2D eigenvalue weighted by Crippen LogP contribution is 2.22. The molecule has 3 amide bonds. The lowest BCUT2D eigenvalue weighted by Gasteiger charge is -2.39. The van der Waals surface area contributed by atoms with Crippen LogP contribution in [0.5, 0.6) is 0 Å². The summed E-state index contributed by atoms with van der Waals surface area (Å²) in [5.41, 5.74) is -2.47. The highest BCUT2D eigenvalue weighted by molar-refractivity contribution is 7.80. The number of aliphatic hydroxyl groups is 2. The van der Waals surface area contributed by atoms with E-state index in [0.29, 0.717) is 0 Å². The molecule has 8 nitrogen and oxygen atoms in total. The number of hydrogen-bond acceptors (Lipinski definition) is 5. The Morgan fingerprint density at radius 1 is 1.14 bits per heavy atom. The first kappa shape index (κ1) is 9.12. The SMILES string of the molecule is O=C1NC2(O)NC(=S)NC(=O)C2(O)N1. The third-order valence-electron chi connectivity index (χ3n) is 1.96. The third-order valence-corrected chi connectivity index (χ3v) is 2.17. The monoisotopic (exact) mass is 218 g/mol. The Balaban J connectivity index is 2.46. The van der Waals surface area contributed by atoms with Crippen molar-refractivity contribution in [3.05, 3.63) is 0 Å². The molecule has 9 heteroatoms. The number of nitrogens with one attached hydrogen (secondary N) is 4. The van der Waals surface area contributed by atoms with E-state index in [1.165, 1.54) is 0 Å². The molecule has 0 bridgehead atoms. The van der Waals surface area contributed by atoms with Crippen LogP contribution in [0.25, 0.3) is 0 Å². The van der Waals surface area contributed by atoms with Crippen molar-refractivity contribution in [1.29, 1.82) is 0 Å². The van der Waals surface area contributed by atoms with Crippen molar-refractivity contribution in [2.45, 2.75) is 11.6 Å². The molecule has 0 aliphatic carbocycles. The van der Waals surface area contributed by atoms with E-state index in [4.69, 9.17) is 0 Å². The number of rotatable bonds is 0. The lowest BCUT2D eigenvalue weighted by Crippen LogP contribution is -2.80. The number of carbonyl (C=O) groups is 2. The van der Waals surface area contributed by atoms with E-state index in [0.717, 1.165) is 0 Å². The van der Waals surface area contributed by atoms with Gasteiger partial charge in [0.05, 0.1) is 0 Å². The predicted molar refractivity (Wildman–Crippen MR) is 45.4 cm³/mol. The molecule has 2 unspecified atom stereocenters. The number of hydrogen-bond donors (Lipinski definition) is 6. The Hall–Kier alpha value is -1.45. The van der Waals surface area contributed by atoms with Crippen molar-refractivity contribution < 1.29 is 19.8 Å². The Labute approximate surface area is 82.7 Å². The standard InChI is InChI=1S/C5H6N4O4S/c10-1-4(12)5(13,8-2(11)7-4)9-3(14)6-1/h12-13H,(H2,7,8,11)(H2,6,9,10,14). The maximum absolute atomic E-state index is 11.3. The summed E-state index contributed by atoms with van der Waals surface area (Å²) >= 11 is 4.57. The van der Waals surface area contributed by atoms with Gasteiger partial charge < -0.3 is 15.5 Å². The second-order valence-corrected chi connectivity index (χ2v) is 3.32. The summed E-state index contributed by atoms with van der Waals surface area (Å²) in [6.45, 7) is 0. The van der Waals surface area contributed by atoms with Crippen LogP contribution in [0.15, 0.2) is 0 Å². The quantitative estimate of drug-likeness (QED) is 0.236. The summed E-state index contributed by atoms with van der Waals surface area (Å²) in [6, 6.07) is -0.887. The molecule has 6 N–H and O–H groups in total. The van der Waals surface area contributed by atoms with Crippen LogP contribution < -0.4 is 21.3 Å². The molecular formula is C5H6N4O4S. The van der Waals surface area contributed by atoms with E-state index in [-0.39, 0.29) is 5.11 Å². The van der Waals surface area contributed by atoms with Gasteiger partial charge in [0.1, 0.15) is 0 Å². The van der Waals surface area contributed by atoms with Crippen LogP contribution in [0.3, 0.4) is 0 Å². The summed E-state index contributed by atoms with van der Waals surface area (Å²) in [5, 5.41) is 27.2. The van der Waals surface area contributed by atoms with Crippen LogP contribution in [0, 0.1) is 0 Å². The Morgan fingerprint density at radius 3 is 2.43 bits per heavy atom. The molecule has 76 valence electrons. The number of urea groups is 1. The minimum Gasteiger partial charge on any atom is -0.358 e. The van der Waals surface area contributed by atoms with Crippen molar-refractivity contribution in [3.8, 4) is 0 Å². The fraction of sp³-hybridized carbons (Fsp3) is 0.400. The first-order chi connectivity index (χ1) is 6.37. The number of carbonyl (C=O) groups excluding carboxylic acids is 2. The smallest absolute Gasteiger partial charge is 0.321 e. The zero-order valence-electron chi connectivity index (χ0n) is 6.62. The van der Waals surface area contributed by atoms with Crippen LogP contribution >= 0.6 is 12.2 Å². The maximum atomic E-state index is 11.3. The van der Waals surface area contributed by atoms with Gasteiger partial charge in [0, 0.05) is 0 Å². The van der Waals surface area contributed by atoms with E-state index < -0.39 is 23.5 Å². The molecule has 14 heavy (non-hydrogen) atoms. The molecule has 0 aromatic carbocycles. The van der Waals surface area contributed by atoms with Gasteiger partial charge in [-0.25, -0.2) is 4.79 Å². The van der Waals surface area contributed by atoms with Gasteiger partial charge in [-0.05, 0) is 12.2 Å². The molecular weight excluding hydrogens is 212 g/mol. The van der Waals surface area contributed by atoms with Crippen LogP contribution in [0.4, 0.5) is 4.79 Å². The van der Waals surface area contributed by atoms with Crippen molar-refractivity contribution >= 4 is 29.3 Å². The zero-order valence-corrected chi connectivity index (χ0v) is 7.44. The summed E-state index contributed by atoms with van der Waals surface area (Å²) in [5.74, 6) is -3.33. The topological polar surface area (TPSA) is 123 Å². The molecule has 2 aliphatic rings. The molecule has 0 spiro atoms. The minimum atomic E-state index is -2.47. The minimum absolute atomic E-state index is 0.189. The first-order valence-corrected chi connectivity index (χ1v) is 3.97. The number of amides is 3. The highest BCUT2D eigenvalue weighted by Gasteiger charge is 2.65. The average Bonchev–Trinajstić information content (AvgIpc) is 2.21. The lowest BCUT2D eigenvalue weighted by atomic mass is 10.1. The van der Waals surface area contributed by atoms with Gasteiger partial charge in [-0.15, -0.1) is 0 Å². The van der Waals surface area contributed by atoms with Gasteiger partial charge in [0.25, 0.3) is 17.5 Å². The molecule has 2 atom stereocenters. The molecule has 2 aliphatic heterocycles. The Bertz CT molecular complexity index is 360. The van der Waals surface area contributed by atoms with Crippen molar-refractivity contribution in [3.63, 3.8) is 0 Å². The summed E-state index contributed by atoms with van der Waals surface area (Å²) in [7, 11) is 0. The van der Waals surface area contributed by atoms with E-state index in [2.05, 4.69) is 22.9 Å². The van der Waals surface area contributed by atoms with Gasteiger partial charge in [0.2, 0.25) is 0 Å². The molecule has 2 fully saturated rings. The third kappa shape index (κ3) is 0.908. The van der Waals surface area contributed by atoms with Gasteiger partial charge in [0.15, 0.2) is 5.11 Å². The van der Waals surface area contributed by atoms with E-state index in [1.54, 1.807) is 0 Å². The van der Waals surface area contributed by atoms with Crippen LogP contribution in [0.2, 0.25) is 0 Å². The molecule has 0 radical (unpaired) electrons. The van der Waals surface area contributed by atoms with Crippen LogP contribution in [-0.2, 0) is 4.79 Å². The fourth-order valence-electron chi connectivity index (χ4n) is 1.27. The normalized spacial score (nSPS) is 40.6. The Morgan fingerprint density at radius 2 is 1.79 bits per heavy atom. The van der Waals surface area contributed by atoms with E-state index in [9.17, 15) is 19.8 Å². The lowest BCUT2D eigenvalue weighted by molar-refractivity contribution is -0.184. The van der Waals surface area contributed by atoms with E-state index in [1.807, 2.05) is 10.6 Å². The van der Waals surface area contributed by atoms with Gasteiger partial charge in [-0.1, -0.05) is 0 Å². The Kier molecular flexibility index (Phi) is 1.51. The van der Waals surface area contributed by atoms with Crippen molar-refractivity contribution in [1.82, 2.24) is 21.3 Å². The number of fused-ring (bicyclic) bond motifs is 1. The van der Waals surface area contributed by atoms with Gasteiger partial charge >= 0.3 is 6.03 Å². The molecule has 0 aromatic heterocycles. The first-order valence-electron chi connectivity index (χ1n) is 3.56. The number of thiocarbonyl (C=S) groups is 1. The summed E-state index contributed by atoms with van der Waals surface area (Å²) in [4.78, 5) is 22.1. The summed E-state index contributed by atoms with van der Waals surface area (Å²) < 4.78 is 0. The molecule has 0 saturated carbocycles. The van der Waals surface area contributed by atoms with Crippen molar-refractivity contribution in [2.24, 2.45) is 0 Å². The second-order valence-electron chi connectivity index (χ2n) is 2.91. The zero-order chi connectivity index (χ0) is 10.6. The molecule has 2 saturated heterocycles. The van der Waals surface area contributed by atoms with Gasteiger partial charge in [-0.3, -0.25) is 20.7 Å². The second kappa shape index (κ2) is 2.32. The highest BCUT2D eigenvalue weighted by atomic mass is 32.1. The largest absolute Gasteiger partial charge is 0.358 e. The predicted octanol–water partition coefficient (Wildman–Crippen LogP) is -3.36. The molecule has 0 aromatic rings. The van der Waals surface area contributed by atoms with Gasteiger partial charge in [-0.2, -0.15) is 0 Å². The van der Waals surface area contributed by atoms with Crippen molar-refractivity contribution in [2.75, 3.05) is 0 Å². The molecule has 2 rings (SSSR count). The molecule has 2 heterocycles. The van der Waals surface area contributed by atoms with E-state index >= 15 is 0 Å². The fourth-order valence-corrected chi connectivity index (χ4v) is 1.51.